The van der Waals surface area contributed by atoms with Crippen LogP contribution >= 0.6 is 0 Å². The third-order valence-electron chi connectivity index (χ3n) is 7.47. The van der Waals surface area contributed by atoms with Crippen LogP contribution in [0.25, 0.3) is 17.1 Å². The molecule has 3 heterocycles. The topological polar surface area (TPSA) is 114 Å². The Kier molecular flexibility index (Phi) is 11.2. The van der Waals surface area contributed by atoms with E-state index in [-0.39, 0.29) is 24.6 Å². The van der Waals surface area contributed by atoms with E-state index >= 15 is 0 Å². The SMILES string of the molecule is COc1ccc2nccc(CC[C@H]3CC[C@@H](N(C/C=C/c4cc(F)ccc4F)C(=O)OC(C)(C)C)[C@H](C[C@H](O)CO)O3)c2n1. The predicted octanol–water partition coefficient (Wildman–Crippen LogP) is 5.46. The number of hydrogen-bond acceptors (Lipinski definition) is 8. The van der Waals surface area contributed by atoms with Crippen LogP contribution in [0.5, 0.6) is 5.88 Å². The molecule has 1 aliphatic heterocycles. The molecule has 44 heavy (non-hydrogen) atoms. The zero-order chi connectivity index (χ0) is 31.9. The minimum absolute atomic E-state index is 0.0335. The highest BCUT2D eigenvalue weighted by Gasteiger charge is 2.39. The largest absolute Gasteiger partial charge is 0.481 e. The number of benzene rings is 1. The first-order valence-electron chi connectivity index (χ1n) is 14.8. The van der Waals surface area contributed by atoms with Gasteiger partial charge in [0.15, 0.2) is 0 Å². The lowest BCUT2D eigenvalue weighted by Crippen LogP contribution is -2.54. The van der Waals surface area contributed by atoms with Gasteiger partial charge in [-0.05, 0) is 82.3 Å². The summed E-state index contributed by atoms with van der Waals surface area (Å²) in [5.74, 6) is -0.664. The number of nitrogens with zero attached hydrogens (tertiary/aromatic N) is 3. The summed E-state index contributed by atoms with van der Waals surface area (Å²) >= 11 is 0. The minimum Gasteiger partial charge on any atom is -0.481 e. The zero-order valence-electron chi connectivity index (χ0n) is 25.6. The quantitative estimate of drug-likeness (QED) is 0.293. The molecule has 0 bridgehead atoms. The van der Waals surface area contributed by atoms with Crippen LogP contribution in [-0.4, -0.2) is 81.4 Å². The summed E-state index contributed by atoms with van der Waals surface area (Å²) in [6.07, 6.45) is 4.84. The number of fused-ring (bicyclic) bond motifs is 1. The van der Waals surface area contributed by atoms with Crippen molar-refractivity contribution < 1.29 is 38.0 Å². The predicted molar refractivity (Wildman–Crippen MR) is 162 cm³/mol. The van der Waals surface area contributed by atoms with Crippen molar-refractivity contribution >= 4 is 23.2 Å². The number of ether oxygens (including phenoxy) is 3. The van der Waals surface area contributed by atoms with Crippen LogP contribution in [0.15, 0.2) is 48.7 Å². The highest BCUT2D eigenvalue weighted by molar-refractivity contribution is 5.78. The van der Waals surface area contributed by atoms with E-state index in [4.69, 9.17) is 14.2 Å². The Balaban J connectivity index is 1.53. The zero-order valence-corrected chi connectivity index (χ0v) is 25.6. The number of aryl methyl sites for hydroxylation is 1. The van der Waals surface area contributed by atoms with Crippen LogP contribution in [0.3, 0.4) is 0 Å². The summed E-state index contributed by atoms with van der Waals surface area (Å²) in [6.45, 7) is 4.85. The van der Waals surface area contributed by atoms with E-state index in [2.05, 4.69) is 9.97 Å². The monoisotopic (exact) mass is 613 g/mol. The lowest BCUT2D eigenvalue weighted by molar-refractivity contribution is -0.115. The summed E-state index contributed by atoms with van der Waals surface area (Å²) in [5.41, 5.74) is 1.78. The van der Waals surface area contributed by atoms with Gasteiger partial charge >= 0.3 is 6.09 Å². The Morgan fingerprint density at radius 2 is 2.00 bits per heavy atom. The van der Waals surface area contributed by atoms with E-state index in [1.165, 1.54) is 11.0 Å². The Morgan fingerprint density at radius 3 is 2.73 bits per heavy atom. The first-order valence-corrected chi connectivity index (χ1v) is 14.8. The van der Waals surface area contributed by atoms with Crippen LogP contribution in [-0.2, 0) is 15.9 Å². The fourth-order valence-electron chi connectivity index (χ4n) is 5.37. The number of pyridine rings is 2. The van der Waals surface area contributed by atoms with Crippen molar-refractivity contribution in [1.82, 2.24) is 14.9 Å². The molecule has 0 radical (unpaired) electrons. The minimum atomic E-state index is -1.06. The number of aromatic nitrogens is 2. The van der Waals surface area contributed by atoms with Gasteiger partial charge in [0.25, 0.3) is 0 Å². The maximum Gasteiger partial charge on any atom is 0.410 e. The second kappa shape index (κ2) is 14.9. The molecule has 3 aromatic rings. The number of carbonyl (C=O) groups is 1. The van der Waals surface area contributed by atoms with Crippen molar-refractivity contribution in [3.05, 3.63) is 71.4 Å². The van der Waals surface area contributed by atoms with Gasteiger partial charge in [0, 0.05) is 30.8 Å². The second-order valence-corrected chi connectivity index (χ2v) is 11.9. The van der Waals surface area contributed by atoms with Crippen LogP contribution in [0, 0.1) is 11.6 Å². The van der Waals surface area contributed by atoms with Crippen molar-refractivity contribution in [1.29, 1.82) is 0 Å². The molecule has 0 aliphatic carbocycles. The summed E-state index contributed by atoms with van der Waals surface area (Å²) in [7, 11) is 1.56. The molecular weight excluding hydrogens is 572 g/mol. The van der Waals surface area contributed by atoms with Gasteiger partial charge in [-0.1, -0.05) is 12.2 Å². The molecule has 1 saturated heterocycles. The molecule has 0 spiro atoms. The first-order chi connectivity index (χ1) is 21.0. The molecule has 238 valence electrons. The molecule has 11 heteroatoms. The van der Waals surface area contributed by atoms with E-state index in [0.717, 1.165) is 34.8 Å². The third-order valence-corrected chi connectivity index (χ3v) is 7.47. The number of hydrogen-bond donors (Lipinski definition) is 2. The number of amides is 1. The molecule has 4 atom stereocenters. The molecule has 2 N–H and O–H groups in total. The summed E-state index contributed by atoms with van der Waals surface area (Å²) < 4.78 is 45.4. The van der Waals surface area contributed by atoms with Crippen LogP contribution in [0.2, 0.25) is 0 Å². The van der Waals surface area contributed by atoms with Gasteiger partial charge in [-0.25, -0.2) is 18.6 Å². The molecule has 1 aliphatic rings. The van der Waals surface area contributed by atoms with Gasteiger partial charge < -0.3 is 24.4 Å². The van der Waals surface area contributed by atoms with Crippen LogP contribution < -0.4 is 4.74 Å². The molecule has 1 amide bonds. The van der Waals surface area contributed by atoms with E-state index in [9.17, 15) is 23.8 Å². The average Bonchev–Trinajstić information content (AvgIpc) is 2.99. The van der Waals surface area contributed by atoms with Gasteiger partial charge in [0.1, 0.15) is 17.2 Å². The van der Waals surface area contributed by atoms with Crippen molar-refractivity contribution in [3.63, 3.8) is 0 Å². The number of carbonyl (C=O) groups excluding carboxylic acids is 1. The summed E-state index contributed by atoms with van der Waals surface area (Å²) in [4.78, 5) is 23.9. The number of methoxy groups -OCH3 is 1. The Morgan fingerprint density at radius 1 is 1.20 bits per heavy atom. The smallest absolute Gasteiger partial charge is 0.410 e. The first kappa shape index (κ1) is 33.2. The van der Waals surface area contributed by atoms with Crippen LogP contribution in [0.4, 0.5) is 13.6 Å². The van der Waals surface area contributed by atoms with E-state index in [0.29, 0.717) is 31.6 Å². The highest BCUT2D eigenvalue weighted by Crippen LogP contribution is 2.31. The molecule has 0 unspecified atom stereocenters. The normalized spacial score (nSPS) is 19.7. The second-order valence-electron chi connectivity index (χ2n) is 11.9. The van der Waals surface area contributed by atoms with Gasteiger partial charge in [-0.2, -0.15) is 0 Å². The lowest BCUT2D eigenvalue weighted by atomic mass is 9.91. The number of rotatable bonds is 11. The molecule has 1 aromatic carbocycles. The molecule has 2 aromatic heterocycles. The van der Waals surface area contributed by atoms with Crippen LogP contribution in [0.1, 0.15) is 57.6 Å². The standard InChI is InChI=1S/C33H41F2N3O6/c1-33(2,3)44-32(41)38(17-5-6-22-18-23(34)8-11-26(22)35)28-13-10-25(43-29(28)19-24(40)20-39)9-7-21-15-16-36-27-12-14-30(42-4)37-31(21)27/h5-6,8,11-12,14-16,18,24-25,28-29,39-40H,7,9-10,13,17,19-20H2,1-4H3/b6-5+/t24-,25-,28+,29-/m0/s1. The maximum atomic E-state index is 14.2. The van der Waals surface area contributed by atoms with E-state index < -0.39 is 48.2 Å². The Bertz CT molecular complexity index is 1450. The van der Waals surface area contributed by atoms with Crippen molar-refractivity contribution in [3.8, 4) is 5.88 Å². The van der Waals surface area contributed by atoms with Gasteiger partial charge in [-0.15, -0.1) is 0 Å². The van der Waals surface area contributed by atoms with E-state index in [1.807, 2.05) is 12.1 Å². The molecular formula is C33H41F2N3O6. The number of halogens is 2. The maximum absolute atomic E-state index is 14.2. The van der Waals surface area contributed by atoms with Crippen molar-refractivity contribution in [2.45, 2.75) is 82.8 Å². The number of aliphatic hydroxyl groups is 2. The molecule has 9 nitrogen and oxygen atoms in total. The van der Waals surface area contributed by atoms with Gasteiger partial charge in [-0.3, -0.25) is 9.88 Å². The average molecular weight is 614 g/mol. The van der Waals surface area contributed by atoms with E-state index in [1.54, 1.807) is 46.2 Å². The molecule has 4 rings (SSSR count). The summed E-state index contributed by atoms with van der Waals surface area (Å²) in [6, 6.07) is 8.21. The Hall–Kier alpha value is -3.67. The summed E-state index contributed by atoms with van der Waals surface area (Å²) in [5, 5.41) is 20.0. The fraction of sp³-hybridized carbons (Fsp3) is 0.485. The lowest BCUT2D eigenvalue weighted by Gasteiger charge is -2.43. The van der Waals surface area contributed by atoms with Gasteiger partial charge in [0.2, 0.25) is 5.88 Å². The third kappa shape index (κ3) is 8.93. The van der Waals surface area contributed by atoms with Gasteiger partial charge in [0.05, 0.1) is 49.1 Å². The Labute approximate surface area is 256 Å². The molecule has 1 fully saturated rings. The van der Waals surface area contributed by atoms with Crippen molar-refractivity contribution in [2.24, 2.45) is 0 Å². The fourth-order valence-corrected chi connectivity index (χ4v) is 5.37. The number of aliphatic hydroxyl groups excluding tert-OH is 2. The molecule has 0 saturated carbocycles. The highest BCUT2D eigenvalue weighted by atomic mass is 19.1. The van der Waals surface area contributed by atoms with Crippen molar-refractivity contribution in [2.75, 3.05) is 20.3 Å².